The molecule has 1 aromatic rings. The first-order valence-corrected chi connectivity index (χ1v) is 7.89. The fraction of sp³-hybridized carbons (Fsp3) is 0.667. The van der Waals surface area contributed by atoms with E-state index >= 15 is 0 Å². The molecule has 1 N–H and O–H groups in total. The molecule has 0 aromatic heterocycles. The van der Waals surface area contributed by atoms with Crippen molar-refractivity contribution in [3.8, 4) is 0 Å². The molecule has 1 saturated heterocycles. The molecule has 2 heteroatoms. The lowest BCUT2D eigenvalue weighted by atomic mass is 9.81. The van der Waals surface area contributed by atoms with E-state index in [1.165, 1.54) is 11.1 Å². The molecular weight excluding hydrogens is 246 g/mol. The Labute approximate surface area is 123 Å². The second kappa shape index (κ2) is 6.28. The van der Waals surface area contributed by atoms with Crippen molar-refractivity contribution < 1.29 is 4.74 Å². The highest BCUT2D eigenvalue weighted by atomic mass is 16.5. The Kier molecular flexibility index (Phi) is 4.87. The second-order valence-electron chi connectivity index (χ2n) is 6.65. The first kappa shape index (κ1) is 15.5. The Morgan fingerprint density at radius 3 is 2.40 bits per heavy atom. The van der Waals surface area contributed by atoms with Gasteiger partial charge in [-0.15, -0.1) is 0 Å². The van der Waals surface area contributed by atoms with Gasteiger partial charge in [-0.2, -0.15) is 0 Å². The summed E-state index contributed by atoms with van der Waals surface area (Å²) in [6.07, 6.45) is 2.66. The van der Waals surface area contributed by atoms with Crippen LogP contribution in [0.2, 0.25) is 0 Å². The van der Waals surface area contributed by atoms with Crippen molar-refractivity contribution in [1.29, 1.82) is 0 Å². The van der Waals surface area contributed by atoms with Gasteiger partial charge < -0.3 is 10.1 Å². The molecule has 20 heavy (non-hydrogen) atoms. The molecule has 2 nitrogen and oxygen atoms in total. The zero-order valence-corrected chi connectivity index (χ0v) is 13.6. The summed E-state index contributed by atoms with van der Waals surface area (Å²) in [7, 11) is 2.06. The predicted octanol–water partition coefficient (Wildman–Crippen LogP) is 4.06. The maximum Gasteiger partial charge on any atom is 0.0594 e. The summed E-state index contributed by atoms with van der Waals surface area (Å²) < 4.78 is 5.73. The van der Waals surface area contributed by atoms with E-state index < -0.39 is 0 Å². The van der Waals surface area contributed by atoms with Gasteiger partial charge in [-0.3, -0.25) is 0 Å². The Morgan fingerprint density at radius 2 is 1.95 bits per heavy atom. The molecule has 0 spiro atoms. The normalized spacial score (nSPS) is 24.9. The molecule has 0 radical (unpaired) electrons. The molecule has 1 aliphatic heterocycles. The lowest BCUT2D eigenvalue weighted by Crippen LogP contribution is -2.29. The smallest absolute Gasteiger partial charge is 0.0594 e. The van der Waals surface area contributed by atoms with Crippen LogP contribution in [0.15, 0.2) is 24.3 Å². The van der Waals surface area contributed by atoms with Crippen LogP contribution in [0.5, 0.6) is 0 Å². The van der Waals surface area contributed by atoms with Gasteiger partial charge in [0.1, 0.15) is 0 Å². The molecular formula is C18H29NO. The van der Waals surface area contributed by atoms with E-state index in [-0.39, 0.29) is 5.41 Å². The van der Waals surface area contributed by atoms with Crippen molar-refractivity contribution in [2.75, 3.05) is 13.7 Å². The second-order valence-corrected chi connectivity index (χ2v) is 6.65. The van der Waals surface area contributed by atoms with E-state index in [1.807, 2.05) is 0 Å². The van der Waals surface area contributed by atoms with Crippen molar-refractivity contribution >= 4 is 0 Å². The molecule has 2 rings (SSSR count). The summed E-state index contributed by atoms with van der Waals surface area (Å²) in [5.74, 6) is 0.574. The number of benzene rings is 1. The number of rotatable bonds is 5. The van der Waals surface area contributed by atoms with Crippen LogP contribution in [0.4, 0.5) is 0 Å². The van der Waals surface area contributed by atoms with Gasteiger partial charge in [0.2, 0.25) is 0 Å². The average molecular weight is 275 g/mol. The third-order valence-corrected chi connectivity index (χ3v) is 5.11. The first-order chi connectivity index (χ1) is 9.49. The monoisotopic (exact) mass is 275 g/mol. The molecule has 0 aliphatic carbocycles. The highest BCUT2D eigenvalue weighted by Crippen LogP contribution is 2.34. The topological polar surface area (TPSA) is 21.3 Å². The molecule has 1 heterocycles. The largest absolute Gasteiger partial charge is 0.378 e. The van der Waals surface area contributed by atoms with Crippen molar-refractivity contribution in [1.82, 2.24) is 5.32 Å². The quantitative estimate of drug-likeness (QED) is 0.875. The highest BCUT2D eigenvalue weighted by molar-refractivity contribution is 5.30. The molecule has 112 valence electrons. The summed E-state index contributed by atoms with van der Waals surface area (Å²) in [5.41, 5.74) is 3.07. The van der Waals surface area contributed by atoms with Crippen LogP contribution in [0.1, 0.15) is 57.7 Å². The van der Waals surface area contributed by atoms with Gasteiger partial charge in [0.25, 0.3) is 0 Å². The zero-order chi connectivity index (χ0) is 14.8. The SMILES string of the molecule is CCC(C)(C)c1ccc(C(NC)C2CCOC2C)cc1. The number of hydrogen-bond donors (Lipinski definition) is 1. The lowest BCUT2D eigenvalue weighted by Gasteiger charge is -2.28. The van der Waals surface area contributed by atoms with Gasteiger partial charge in [0, 0.05) is 18.6 Å². The van der Waals surface area contributed by atoms with E-state index in [0.717, 1.165) is 19.4 Å². The van der Waals surface area contributed by atoms with Crippen LogP contribution in [0, 0.1) is 5.92 Å². The van der Waals surface area contributed by atoms with E-state index in [9.17, 15) is 0 Å². The van der Waals surface area contributed by atoms with Crippen LogP contribution in [-0.4, -0.2) is 19.8 Å². The molecule has 3 atom stereocenters. The number of hydrogen-bond acceptors (Lipinski definition) is 2. The van der Waals surface area contributed by atoms with Crippen LogP contribution < -0.4 is 5.32 Å². The summed E-state index contributed by atoms with van der Waals surface area (Å²) in [5, 5.41) is 3.48. The first-order valence-electron chi connectivity index (χ1n) is 7.89. The molecule has 3 unspecified atom stereocenters. The zero-order valence-electron chi connectivity index (χ0n) is 13.6. The molecule has 0 amide bonds. The van der Waals surface area contributed by atoms with E-state index in [4.69, 9.17) is 4.74 Å². The molecule has 0 saturated carbocycles. The van der Waals surface area contributed by atoms with Gasteiger partial charge in [0.15, 0.2) is 0 Å². The van der Waals surface area contributed by atoms with E-state index in [1.54, 1.807) is 0 Å². The van der Waals surface area contributed by atoms with Crippen LogP contribution >= 0.6 is 0 Å². The minimum absolute atomic E-state index is 0.261. The van der Waals surface area contributed by atoms with Crippen LogP contribution in [0.3, 0.4) is 0 Å². The van der Waals surface area contributed by atoms with Gasteiger partial charge in [0.05, 0.1) is 6.10 Å². The maximum atomic E-state index is 5.73. The third-order valence-electron chi connectivity index (χ3n) is 5.11. The van der Waals surface area contributed by atoms with Gasteiger partial charge >= 0.3 is 0 Å². The summed E-state index contributed by atoms with van der Waals surface area (Å²) in [6, 6.07) is 9.57. The molecule has 1 fully saturated rings. The number of ether oxygens (including phenoxy) is 1. The highest BCUT2D eigenvalue weighted by Gasteiger charge is 2.32. The summed E-state index contributed by atoms with van der Waals surface area (Å²) >= 11 is 0. The fourth-order valence-electron chi connectivity index (χ4n) is 3.16. The third kappa shape index (κ3) is 3.07. The van der Waals surface area contributed by atoms with Gasteiger partial charge in [-0.1, -0.05) is 45.0 Å². The van der Waals surface area contributed by atoms with E-state index in [2.05, 4.69) is 64.3 Å². The Balaban J connectivity index is 2.19. The number of nitrogens with one attached hydrogen (secondary N) is 1. The van der Waals surface area contributed by atoms with Crippen molar-refractivity contribution in [2.24, 2.45) is 5.92 Å². The maximum absolute atomic E-state index is 5.73. The Morgan fingerprint density at radius 1 is 1.30 bits per heavy atom. The van der Waals surface area contributed by atoms with Crippen LogP contribution in [0.25, 0.3) is 0 Å². The van der Waals surface area contributed by atoms with E-state index in [0.29, 0.717) is 18.1 Å². The summed E-state index contributed by atoms with van der Waals surface area (Å²) in [6.45, 7) is 9.96. The van der Waals surface area contributed by atoms with Gasteiger partial charge in [-0.25, -0.2) is 0 Å². The fourth-order valence-corrected chi connectivity index (χ4v) is 3.16. The van der Waals surface area contributed by atoms with Crippen molar-refractivity contribution in [2.45, 2.75) is 58.1 Å². The van der Waals surface area contributed by atoms with Gasteiger partial charge in [-0.05, 0) is 43.4 Å². The predicted molar refractivity (Wildman–Crippen MR) is 85.1 cm³/mol. The minimum Gasteiger partial charge on any atom is -0.378 e. The van der Waals surface area contributed by atoms with Crippen LogP contribution in [-0.2, 0) is 10.2 Å². The Hall–Kier alpha value is -0.860. The molecule has 1 aliphatic rings. The Bertz CT molecular complexity index is 424. The molecule has 1 aromatic carbocycles. The van der Waals surface area contributed by atoms with Crippen molar-refractivity contribution in [3.63, 3.8) is 0 Å². The average Bonchev–Trinajstić information content (AvgIpc) is 2.87. The molecule has 0 bridgehead atoms. The minimum atomic E-state index is 0.261. The summed E-state index contributed by atoms with van der Waals surface area (Å²) in [4.78, 5) is 0. The standard InChI is InChI=1S/C18H29NO/c1-6-18(3,4)15-9-7-14(8-10-15)17(19-5)16-11-12-20-13(16)2/h7-10,13,16-17,19H,6,11-12H2,1-5H3. The lowest BCUT2D eigenvalue weighted by molar-refractivity contribution is 0.0963. The van der Waals surface area contributed by atoms with Crippen molar-refractivity contribution in [3.05, 3.63) is 35.4 Å².